The largest absolute Gasteiger partial charge is 0.455 e. The van der Waals surface area contributed by atoms with E-state index in [0.29, 0.717) is 11.8 Å². The number of aromatic nitrogens is 1. The molecule has 1 saturated heterocycles. The first-order valence-corrected chi connectivity index (χ1v) is 15.4. The fraction of sp³-hybridized carbons (Fsp3) is 0.395. The van der Waals surface area contributed by atoms with Gasteiger partial charge in [0.25, 0.3) is 0 Å². The normalized spacial score (nSPS) is 15.6. The van der Waals surface area contributed by atoms with Gasteiger partial charge in [-0.3, -0.25) is 0 Å². The van der Waals surface area contributed by atoms with Gasteiger partial charge < -0.3 is 9.47 Å². The van der Waals surface area contributed by atoms with Gasteiger partial charge in [0.2, 0.25) is 5.69 Å². The topological polar surface area (TPSA) is 22.3 Å². The second-order valence-electron chi connectivity index (χ2n) is 13.9. The van der Waals surface area contributed by atoms with Crippen LogP contribution in [0.15, 0.2) is 54.7 Å². The number of hydrogen-bond acceptors (Lipinski definition) is 2. The molecule has 0 unspecified atom stereocenters. The van der Waals surface area contributed by atoms with Gasteiger partial charge in [0, 0.05) is 30.2 Å². The third-order valence-corrected chi connectivity index (χ3v) is 9.41. The highest BCUT2D eigenvalue weighted by molar-refractivity contribution is 6.17. The summed E-state index contributed by atoms with van der Waals surface area (Å²) in [6, 6.07) is 18.6. The minimum atomic E-state index is 0.115. The van der Waals surface area contributed by atoms with Crippen LogP contribution in [0.1, 0.15) is 81.5 Å². The molecule has 2 aliphatic heterocycles. The van der Waals surface area contributed by atoms with E-state index in [0.717, 1.165) is 44.0 Å². The number of nitrogens with zero attached hydrogens (tertiary/aromatic N) is 1. The Bertz CT molecular complexity index is 1850. The van der Waals surface area contributed by atoms with E-state index in [2.05, 4.69) is 108 Å². The summed E-state index contributed by atoms with van der Waals surface area (Å²) in [6.45, 7) is 15.5. The average Bonchev–Trinajstić information content (AvgIpc) is 2.95. The van der Waals surface area contributed by atoms with Crippen LogP contribution in [0.3, 0.4) is 0 Å². The average molecular weight is 545 g/mol. The lowest BCUT2D eigenvalue weighted by atomic mass is 9.80. The molecule has 0 saturated carbocycles. The molecule has 7 rings (SSSR count). The molecule has 2 aliphatic rings. The molecule has 4 aromatic carbocycles. The number of pyridine rings is 1. The quantitative estimate of drug-likeness (QED) is 0.163. The van der Waals surface area contributed by atoms with Crippen molar-refractivity contribution in [1.29, 1.82) is 0 Å². The molecule has 3 nitrogen and oxygen atoms in total. The van der Waals surface area contributed by atoms with Crippen LogP contribution in [0, 0.1) is 12.3 Å². The molecule has 0 bridgehead atoms. The van der Waals surface area contributed by atoms with Crippen molar-refractivity contribution in [3.8, 4) is 22.8 Å². The highest BCUT2D eigenvalue weighted by Crippen LogP contribution is 2.53. The summed E-state index contributed by atoms with van der Waals surface area (Å²) in [6.07, 6.45) is 5.34. The number of rotatable bonds is 3. The molecule has 0 aliphatic carbocycles. The van der Waals surface area contributed by atoms with E-state index in [1.165, 1.54) is 65.8 Å². The Balaban J connectivity index is 1.58. The Labute approximate surface area is 244 Å². The summed E-state index contributed by atoms with van der Waals surface area (Å²) in [5.74, 6) is 3.03. The maximum atomic E-state index is 7.16. The summed E-state index contributed by atoms with van der Waals surface area (Å²) in [4.78, 5) is 0. The van der Waals surface area contributed by atoms with E-state index in [9.17, 15) is 0 Å². The maximum Gasteiger partial charge on any atom is 0.228 e. The molecule has 0 N–H and O–H groups in total. The van der Waals surface area contributed by atoms with Gasteiger partial charge in [-0.1, -0.05) is 71.0 Å². The first kappa shape index (κ1) is 26.5. The van der Waals surface area contributed by atoms with Crippen LogP contribution in [0.2, 0.25) is 0 Å². The molecule has 1 fully saturated rings. The first-order chi connectivity index (χ1) is 19.6. The number of hydrogen-bond donors (Lipinski definition) is 0. The molecule has 0 spiro atoms. The Hall–Kier alpha value is -3.43. The Morgan fingerprint density at radius 2 is 1.68 bits per heavy atom. The van der Waals surface area contributed by atoms with Crippen LogP contribution >= 0.6 is 0 Å². The van der Waals surface area contributed by atoms with E-state index in [-0.39, 0.29) is 5.41 Å². The summed E-state index contributed by atoms with van der Waals surface area (Å²) in [7, 11) is 2.19. The van der Waals surface area contributed by atoms with Gasteiger partial charge >= 0.3 is 0 Å². The van der Waals surface area contributed by atoms with Gasteiger partial charge in [-0.2, -0.15) is 0 Å². The lowest BCUT2D eigenvalue weighted by Gasteiger charge is -2.29. The van der Waals surface area contributed by atoms with Crippen LogP contribution < -0.4 is 9.30 Å². The van der Waals surface area contributed by atoms with Gasteiger partial charge in [0.1, 0.15) is 18.5 Å². The van der Waals surface area contributed by atoms with Crippen LogP contribution in [0.25, 0.3) is 43.6 Å². The highest BCUT2D eigenvalue weighted by Gasteiger charge is 2.35. The molecule has 0 atom stereocenters. The Kier molecular flexibility index (Phi) is 6.17. The van der Waals surface area contributed by atoms with E-state index in [1.54, 1.807) is 0 Å². The summed E-state index contributed by atoms with van der Waals surface area (Å²) >= 11 is 0. The summed E-state index contributed by atoms with van der Waals surface area (Å²) < 4.78 is 15.2. The summed E-state index contributed by atoms with van der Waals surface area (Å²) in [5, 5.41) is 7.81. The predicted octanol–water partition coefficient (Wildman–Crippen LogP) is 9.66. The molecule has 210 valence electrons. The van der Waals surface area contributed by atoms with Crippen molar-refractivity contribution >= 4 is 32.3 Å². The van der Waals surface area contributed by atoms with Crippen LogP contribution in [0.5, 0.6) is 11.5 Å². The van der Waals surface area contributed by atoms with Crippen molar-refractivity contribution in [2.24, 2.45) is 12.5 Å². The molecule has 3 heteroatoms. The SMILES string of the molecule is Cc1c2c(c(CC(C)(C)C)c3ccc(C(C)C)cc13)Oc1cc3c(C4CCOCC4)cccc3c3cc[n+](C)c-2c13. The fourth-order valence-electron chi connectivity index (χ4n) is 7.34. The predicted molar refractivity (Wildman–Crippen MR) is 170 cm³/mol. The highest BCUT2D eigenvalue weighted by atomic mass is 16.5. The molecular weight excluding hydrogens is 502 g/mol. The Morgan fingerprint density at radius 3 is 2.41 bits per heavy atom. The van der Waals surface area contributed by atoms with Crippen LogP contribution in [0.4, 0.5) is 0 Å². The van der Waals surface area contributed by atoms with Gasteiger partial charge in [-0.15, -0.1) is 0 Å². The maximum absolute atomic E-state index is 7.16. The third kappa shape index (κ3) is 4.24. The lowest BCUT2D eigenvalue weighted by molar-refractivity contribution is -0.659. The molecule has 0 amide bonds. The zero-order valence-electron chi connectivity index (χ0n) is 25.7. The van der Waals surface area contributed by atoms with Crippen LogP contribution in [-0.4, -0.2) is 13.2 Å². The molecule has 41 heavy (non-hydrogen) atoms. The van der Waals surface area contributed by atoms with E-state index < -0.39 is 0 Å². The van der Waals surface area contributed by atoms with E-state index >= 15 is 0 Å². The molecule has 1 aromatic heterocycles. The standard InChI is InChI=1S/C38H42NO2/c1-22(2)25-11-12-28-30(19-25)23(3)34-36-35-29(13-16-39(36)7)27-10-8-9-26(24-14-17-40-18-15-24)31(27)20-33(35)41-37(34)32(28)21-38(4,5)6/h8-13,16,19-20,22,24H,14-15,17-18,21H2,1-7H3/q+1. The third-order valence-electron chi connectivity index (χ3n) is 9.41. The smallest absolute Gasteiger partial charge is 0.228 e. The van der Waals surface area contributed by atoms with E-state index in [4.69, 9.17) is 9.47 Å². The molecule has 5 aromatic rings. The molecule has 3 heterocycles. The van der Waals surface area contributed by atoms with Crippen molar-refractivity contribution < 1.29 is 14.0 Å². The minimum Gasteiger partial charge on any atom is -0.455 e. The second kappa shape index (κ2) is 9.56. The van der Waals surface area contributed by atoms with Gasteiger partial charge in [0.05, 0.1) is 10.9 Å². The lowest BCUT2D eigenvalue weighted by Crippen LogP contribution is -2.32. The van der Waals surface area contributed by atoms with Crippen molar-refractivity contribution in [3.63, 3.8) is 0 Å². The second-order valence-corrected chi connectivity index (χ2v) is 13.9. The zero-order chi connectivity index (χ0) is 28.6. The number of ether oxygens (including phenoxy) is 2. The van der Waals surface area contributed by atoms with Gasteiger partial charge in [-0.25, -0.2) is 4.57 Å². The van der Waals surface area contributed by atoms with Crippen LogP contribution in [-0.2, 0) is 18.2 Å². The first-order valence-electron chi connectivity index (χ1n) is 15.4. The zero-order valence-corrected chi connectivity index (χ0v) is 25.7. The van der Waals surface area contributed by atoms with Crippen molar-refractivity contribution in [2.45, 2.75) is 72.6 Å². The number of benzene rings is 4. The minimum absolute atomic E-state index is 0.115. The summed E-state index contributed by atoms with van der Waals surface area (Å²) in [5.41, 5.74) is 8.07. The van der Waals surface area contributed by atoms with Crippen molar-refractivity contribution in [2.75, 3.05) is 13.2 Å². The monoisotopic (exact) mass is 544 g/mol. The van der Waals surface area contributed by atoms with E-state index in [1.807, 2.05) is 0 Å². The van der Waals surface area contributed by atoms with Gasteiger partial charge in [-0.05, 0) is 87.7 Å². The fourth-order valence-corrected chi connectivity index (χ4v) is 7.34. The van der Waals surface area contributed by atoms with Crippen molar-refractivity contribution in [3.05, 3.63) is 77.0 Å². The number of fused-ring (bicyclic) bond motifs is 5. The van der Waals surface area contributed by atoms with Crippen molar-refractivity contribution in [1.82, 2.24) is 0 Å². The molecule has 0 radical (unpaired) electrons. The Morgan fingerprint density at radius 1 is 0.902 bits per heavy atom. The molecular formula is C38H42NO2+. The number of aryl methyl sites for hydroxylation is 2. The van der Waals surface area contributed by atoms with Gasteiger partial charge in [0.15, 0.2) is 6.20 Å².